The molecule has 1 saturated heterocycles. The van der Waals surface area contributed by atoms with Crippen LogP contribution in [-0.4, -0.2) is 28.7 Å². The number of piperidine rings is 1. The Balaban J connectivity index is 2.13. The Morgan fingerprint density at radius 1 is 1.45 bits per heavy atom. The summed E-state index contributed by atoms with van der Waals surface area (Å²) in [5, 5.41) is 8.86. The summed E-state index contributed by atoms with van der Waals surface area (Å²) in [5.41, 5.74) is 2.25. The lowest BCUT2D eigenvalue weighted by atomic mass is 9.91. The van der Waals surface area contributed by atoms with Crippen LogP contribution in [0.15, 0.2) is 10.2 Å². The van der Waals surface area contributed by atoms with Crippen LogP contribution in [-0.2, 0) is 6.54 Å². The van der Waals surface area contributed by atoms with E-state index >= 15 is 0 Å². The Bertz CT molecular complexity index is 713. The van der Waals surface area contributed by atoms with Crippen molar-refractivity contribution >= 4 is 27.5 Å². The van der Waals surface area contributed by atoms with Crippen LogP contribution in [0.25, 0.3) is 10.2 Å². The van der Waals surface area contributed by atoms with E-state index in [-0.39, 0.29) is 11.6 Å². The van der Waals surface area contributed by atoms with E-state index < -0.39 is 0 Å². The summed E-state index contributed by atoms with van der Waals surface area (Å²) in [7, 11) is 0. The molecule has 1 aliphatic heterocycles. The summed E-state index contributed by atoms with van der Waals surface area (Å²) in [6.07, 6.45) is 2.24. The van der Waals surface area contributed by atoms with Gasteiger partial charge < -0.3 is 10.6 Å². The molecule has 6 heteroatoms. The van der Waals surface area contributed by atoms with Gasteiger partial charge in [0.2, 0.25) is 5.95 Å². The smallest absolute Gasteiger partial charge is 0.272 e. The maximum absolute atomic E-state index is 12.7. The van der Waals surface area contributed by atoms with Crippen molar-refractivity contribution in [2.24, 2.45) is 0 Å². The van der Waals surface area contributed by atoms with Gasteiger partial charge >= 0.3 is 0 Å². The molecule has 3 rings (SSSR count). The number of nitrogens with zero attached hydrogens (tertiary/aromatic N) is 2. The highest BCUT2D eigenvalue weighted by Gasteiger charge is 2.22. The minimum atomic E-state index is 0.0841. The first kappa shape index (κ1) is 15.5. The fourth-order valence-corrected chi connectivity index (χ4v) is 4.14. The number of hydrogen-bond acceptors (Lipinski definition) is 5. The fourth-order valence-electron chi connectivity index (χ4n) is 3.10. The molecule has 120 valence electrons. The Labute approximate surface area is 134 Å². The summed E-state index contributed by atoms with van der Waals surface area (Å²) in [5.74, 6) is 1.22. The third-order valence-electron chi connectivity index (χ3n) is 4.22. The molecule has 0 amide bonds. The third kappa shape index (κ3) is 2.77. The molecule has 0 radical (unpaired) electrons. The molecule has 0 atom stereocenters. The molecule has 1 aliphatic rings. The van der Waals surface area contributed by atoms with Crippen molar-refractivity contribution in [1.29, 1.82) is 0 Å². The molecule has 5 nitrogen and oxygen atoms in total. The third-order valence-corrected chi connectivity index (χ3v) is 5.19. The van der Waals surface area contributed by atoms with Gasteiger partial charge in [-0.05, 0) is 63.6 Å². The van der Waals surface area contributed by atoms with E-state index in [4.69, 9.17) is 4.98 Å². The lowest BCUT2D eigenvalue weighted by Gasteiger charge is -2.22. The number of aromatic nitrogens is 2. The molecule has 0 unspecified atom stereocenters. The summed E-state index contributed by atoms with van der Waals surface area (Å²) in [4.78, 5) is 17.6. The molecule has 2 aromatic heterocycles. The van der Waals surface area contributed by atoms with Crippen LogP contribution >= 0.6 is 11.3 Å². The maximum Gasteiger partial charge on any atom is 0.272 e. The Kier molecular flexibility index (Phi) is 4.49. The van der Waals surface area contributed by atoms with Crippen LogP contribution in [0.4, 0.5) is 5.95 Å². The van der Waals surface area contributed by atoms with Crippen LogP contribution < -0.4 is 16.2 Å². The highest BCUT2D eigenvalue weighted by molar-refractivity contribution is 7.17. The van der Waals surface area contributed by atoms with Crippen molar-refractivity contribution in [1.82, 2.24) is 14.9 Å². The van der Waals surface area contributed by atoms with Gasteiger partial charge in [-0.1, -0.05) is 0 Å². The van der Waals surface area contributed by atoms with Gasteiger partial charge in [-0.3, -0.25) is 9.36 Å². The first-order valence-corrected chi connectivity index (χ1v) is 8.99. The molecule has 0 spiro atoms. The average Bonchev–Trinajstić information content (AvgIpc) is 2.92. The van der Waals surface area contributed by atoms with E-state index in [0.717, 1.165) is 36.1 Å². The summed E-state index contributed by atoms with van der Waals surface area (Å²) in [6, 6.07) is 0.253. The molecule has 22 heavy (non-hydrogen) atoms. The maximum atomic E-state index is 12.7. The predicted octanol–water partition coefficient (Wildman–Crippen LogP) is 2.77. The van der Waals surface area contributed by atoms with Crippen molar-refractivity contribution in [3.8, 4) is 0 Å². The number of fused-ring (bicyclic) bond motifs is 1. The highest BCUT2D eigenvalue weighted by Crippen LogP contribution is 2.33. The molecule has 0 saturated carbocycles. The SMILES string of the molecule is CCn1c(NC(C)C)nc2c(C3CCNCC3)csc2c1=O. The number of nitrogens with one attached hydrogen (secondary N) is 2. The first-order chi connectivity index (χ1) is 10.6. The molecule has 3 heterocycles. The van der Waals surface area contributed by atoms with Crippen molar-refractivity contribution in [2.45, 2.75) is 52.1 Å². The van der Waals surface area contributed by atoms with Crippen LogP contribution in [0.2, 0.25) is 0 Å². The van der Waals surface area contributed by atoms with Crippen LogP contribution in [0, 0.1) is 0 Å². The molecular formula is C16H24N4OS. The zero-order valence-electron chi connectivity index (χ0n) is 13.5. The summed E-state index contributed by atoms with van der Waals surface area (Å²) >= 11 is 1.55. The van der Waals surface area contributed by atoms with Crippen molar-refractivity contribution < 1.29 is 0 Å². The van der Waals surface area contributed by atoms with E-state index in [1.807, 2.05) is 6.92 Å². The lowest BCUT2D eigenvalue weighted by molar-refractivity contribution is 0.462. The van der Waals surface area contributed by atoms with E-state index in [0.29, 0.717) is 18.4 Å². The zero-order chi connectivity index (χ0) is 15.7. The first-order valence-electron chi connectivity index (χ1n) is 8.11. The van der Waals surface area contributed by atoms with Crippen molar-refractivity contribution in [3.63, 3.8) is 0 Å². The van der Waals surface area contributed by atoms with E-state index in [2.05, 4.69) is 29.9 Å². The standard InChI is InChI=1S/C16H24N4OS/c1-4-20-15(21)14-13(19-16(20)18-10(2)3)12(9-22-14)11-5-7-17-8-6-11/h9-11,17H,4-8H2,1-3H3,(H,18,19). The van der Waals surface area contributed by atoms with Gasteiger partial charge in [-0.2, -0.15) is 0 Å². The second-order valence-electron chi connectivity index (χ2n) is 6.18. The van der Waals surface area contributed by atoms with Crippen molar-refractivity contribution in [2.75, 3.05) is 18.4 Å². The predicted molar refractivity (Wildman–Crippen MR) is 93.2 cm³/mol. The number of anilines is 1. The van der Waals surface area contributed by atoms with Crippen LogP contribution in [0.3, 0.4) is 0 Å². The van der Waals surface area contributed by atoms with Gasteiger partial charge in [0.25, 0.3) is 5.56 Å². The lowest BCUT2D eigenvalue weighted by Crippen LogP contribution is -2.28. The van der Waals surface area contributed by atoms with Gasteiger partial charge in [0.15, 0.2) is 0 Å². The molecule has 2 aromatic rings. The number of hydrogen-bond donors (Lipinski definition) is 2. The minimum Gasteiger partial charge on any atom is -0.353 e. The number of rotatable bonds is 4. The highest BCUT2D eigenvalue weighted by atomic mass is 32.1. The normalized spacial score (nSPS) is 16.5. The monoisotopic (exact) mass is 320 g/mol. The quantitative estimate of drug-likeness (QED) is 0.909. The Hall–Kier alpha value is -1.40. The van der Waals surface area contributed by atoms with Gasteiger partial charge in [-0.25, -0.2) is 4.98 Å². The Morgan fingerprint density at radius 2 is 2.18 bits per heavy atom. The zero-order valence-corrected chi connectivity index (χ0v) is 14.3. The molecule has 0 aromatic carbocycles. The van der Waals surface area contributed by atoms with Crippen LogP contribution in [0.1, 0.15) is 45.1 Å². The second kappa shape index (κ2) is 6.38. The molecule has 0 aliphatic carbocycles. The van der Waals surface area contributed by atoms with Gasteiger partial charge in [0.05, 0.1) is 5.52 Å². The molecule has 0 bridgehead atoms. The van der Waals surface area contributed by atoms with Gasteiger partial charge in [-0.15, -0.1) is 11.3 Å². The largest absolute Gasteiger partial charge is 0.353 e. The van der Waals surface area contributed by atoms with Gasteiger partial charge in [0, 0.05) is 12.6 Å². The number of thiophene rings is 1. The molecular weight excluding hydrogens is 296 g/mol. The second-order valence-corrected chi connectivity index (χ2v) is 7.06. The van der Waals surface area contributed by atoms with E-state index in [9.17, 15) is 4.79 Å². The minimum absolute atomic E-state index is 0.0841. The molecule has 2 N–H and O–H groups in total. The average molecular weight is 320 g/mol. The topological polar surface area (TPSA) is 59.0 Å². The Morgan fingerprint density at radius 3 is 2.82 bits per heavy atom. The summed E-state index contributed by atoms with van der Waals surface area (Å²) < 4.78 is 2.54. The molecule has 1 fully saturated rings. The van der Waals surface area contributed by atoms with Crippen molar-refractivity contribution in [3.05, 3.63) is 21.3 Å². The van der Waals surface area contributed by atoms with Gasteiger partial charge in [0.1, 0.15) is 4.70 Å². The fraction of sp³-hybridized carbons (Fsp3) is 0.625. The van der Waals surface area contributed by atoms with E-state index in [1.54, 1.807) is 15.9 Å². The summed E-state index contributed by atoms with van der Waals surface area (Å²) in [6.45, 7) is 8.85. The van der Waals surface area contributed by atoms with Crippen LogP contribution in [0.5, 0.6) is 0 Å². The van der Waals surface area contributed by atoms with E-state index in [1.165, 1.54) is 5.56 Å².